The van der Waals surface area contributed by atoms with E-state index in [1.807, 2.05) is 35.6 Å². The van der Waals surface area contributed by atoms with Crippen LogP contribution in [0, 0.1) is 10.5 Å². The van der Waals surface area contributed by atoms with Gasteiger partial charge >= 0.3 is 0 Å². The topological polar surface area (TPSA) is 81.8 Å². The molecule has 7 nitrogen and oxygen atoms in total. The van der Waals surface area contributed by atoms with Gasteiger partial charge in [-0.1, -0.05) is 6.92 Å². The second kappa shape index (κ2) is 6.04. The maximum Gasteiger partial charge on any atom is 0.289 e. The smallest absolute Gasteiger partial charge is 0.267 e. The van der Waals surface area contributed by atoms with Crippen molar-refractivity contribution in [3.05, 3.63) is 42.6 Å². The van der Waals surface area contributed by atoms with E-state index >= 15 is 0 Å². The lowest BCUT2D eigenvalue weighted by molar-refractivity contribution is 0.0996. The minimum atomic E-state index is -0.397. The number of amides is 1. The van der Waals surface area contributed by atoms with Crippen LogP contribution in [-0.2, 0) is 13.5 Å². The zero-order chi connectivity index (χ0) is 16.7. The Morgan fingerprint density at radius 1 is 1.48 bits per heavy atom. The van der Waals surface area contributed by atoms with Crippen molar-refractivity contribution in [3.63, 3.8) is 0 Å². The SMILES string of the molecule is CCc1cc2c(=O)n(NC(=O)c3c(I)cnn3C)c(C)nc2s1. The molecule has 0 spiro atoms. The van der Waals surface area contributed by atoms with Crippen LogP contribution in [0.15, 0.2) is 17.1 Å². The van der Waals surface area contributed by atoms with Gasteiger partial charge in [0.25, 0.3) is 11.5 Å². The summed E-state index contributed by atoms with van der Waals surface area (Å²) in [5.74, 6) is 0.0456. The van der Waals surface area contributed by atoms with Crippen molar-refractivity contribution < 1.29 is 4.79 Å². The van der Waals surface area contributed by atoms with Crippen molar-refractivity contribution in [3.8, 4) is 0 Å². The number of aromatic nitrogens is 4. The first-order valence-corrected chi connectivity index (χ1v) is 8.82. The standard InChI is InChI=1S/C14H14IN5O2S/c1-4-8-5-9-13(23-8)17-7(2)20(14(9)22)18-12(21)11-10(15)6-16-19(11)3/h5-6H,4H2,1-3H3,(H,18,21). The molecule has 3 heterocycles. The van der Waals surface area contributed by atoms with Crippen LogP contribution in [0.3, 0.4) is 0 Å². The van der Waals surface area contributed by atoms with Crippen LogP contribution in [0.5, 0.6) is 0 Å². The predicted molar refractivity (Wildman–Crippen MR) is 97.6 cm³/mol. The van der Waals surface area contributed by atoms with Crippen molar-refractivity contribution in [2.75, 3.05) is 5.43 Å². The van der Waals surface area contributed by atoms with Crippen molar-refractivity contribution in [1.82, 2.24) is 19.4 Å². The van der Waals surface area contributed by atoms with E-state index in [2.05, 4.69) is 15.5 Å². The van der Waals surface area contributed by atoms with Crippen LogP contribution < -0.4 is 11.0 Å². The van der Waals surface area contributed by atoms with Gasteiger partial charge in [-0.3, -0.25) is 19.7 Å². The Hall–Kier alpha value is -1.75. The van der Waals surface area contributed by atoms with Gasteiger partial charge in [-0.2, -0.15) is 5.10 Å². The minimum absolute atomic E-state index is 0.269. The van der Waals surface area contributed by atoms with Crippen LogP contribution in [0.25, 0.3) is 10.2 Å². The van der Waals surface area contributed by atoms with Gasteiger partial charge in [0.05, 0.1) is 15.2 Å². The summed E-state index contributed by atoms with van der Waals surface area (Å²) in [5.41, 5.74) is 2.75. The highest BCUT2D eigenvalue weighted by Gasteiger charge is 2.18. The number of carbonyl (C=O) groups excluding carboxylic acids is 1. The molecule has 3 rings (SSSR count). The van der Waals surface area contributed by atoms with Gasteiger partial charge in [0.2, 0.25) is 0 Å². The molecule has 0 atom stereocenters. The molecule has 1 amide bonds. The third kappa shape index (κ3) is 2.78. The number of rotatable bonds is 3. The average molecular weight is 443 g/mol. The van der Waals surface area contributed by atoms with E-state index < -0.39 is 5.91 Å². The van der Waals surface area contributed by atoms with Crippen LogP contribution in [0.2, 0.25) is 0 Å². The first-order valence-electron chi connectivity index (χ1n) is 6.93. The van der Waals surface area contributed by atoms with Crippen molar-refractivity contribution >= 4 is 50.1 Å². The van der Waals surface area contributed by atoms with Crippen LogP contribution in [-0.4, -0.2) is 25.3 Å². The average Bonchev–Trinajstić information content (AvgIpc) is 3.06. The first-order chi connectivity index (χ1) is 10.9. The summed E-state index contributed by atoms with van der Waals surface area (Å²) in [6.45, 7) is 3.73. The highest BCUT2D eigenvalue weighted by Crippen LogP contribution is 2.21. The summed E-state index contributed by atoms with van der Waals surface area (Å²) in [6.07, 6.45) is 2.44. The number of carbonyl (C=O) groups is 1. The van der Waals surface area contributed by atoms with Gasteiger partial charge in [0, 0.05) is 11.9 Å². The fourth-order valence-corrected chi connectivity index (χ4v) is 3.98. The number of hydrogen-bond acceptors (Lipinski definition) is 5. The van der Waals surface area contributed by atoms with Crippen molar-refractivity contribution in [1.29, 1.82) is 0 Å². The lowest BCUT2D eigenvalue weighted by Crippen LogP contribution is -2.36. The van der Waals surface area contributed by atoms with Gasteiger partial charge in [-0.25, -0.2) is 9.66 Å². The van der Waals surface area contributed by atoms with Crippen molar-refractivity contribution in [2.24, 2.45) is 7.05 Å². The monoisotopic (exact) mass is 443 g/mol. The van der Waals surface area contributed by atoms with E-state index in [1.165, 1.54) is 20.7 Å². The third-order valence-corrected chi connectivity index (χ3v) is 5.42. The molecule has 23 heavy (non-hydrogen) atoms. The summed E-state index contributed by atoms with van der Waals surface area (Å²) in [7, 11) is 1.68. The first kappa shape index (κ1) is 16.1. The molecular weight excluding hydrogens is 429 g/mol. The zero-order valence-electron chi connectivity index (χ0n) is 12.8. The Labute approximate surface area is 149 Å². The van der Waals surface area contributed by atoms with Gasteiger partial charge in [-0.15, -0.1) is 11.3 Å². The number of halogens is 1. The summed E-state index contributed by atoms with van der Waals surface area (Å²) in [5, 5.41) is 4.56. The Morgan fingerprint density at radius 3 is 2.83 bits per heavy atom. The number of nitrogens with zero attached hydrogens (tertiary/aromatic N) is 4. The quantitative estimate of drug-likeness (QED) is 0.629. The number of thiophene rings is 1. The minimum Gasteiger partial charge on any atom is -0.267 e. The fraction of sp³-hybridized carbons (Fsp3) is 0.286. The molecule has 0 unspecified atom stereocenters. The number of nitrogens with one attached hydrogen (secondary N) is 1. The maximum atomic E-state index is 12.6. The van der Waals surface area contributed by atoms with Crippen LogP contribution >= 0.6 is 33.9 Å². The number of hydrogen-bond donors (Lipinski definition) is 1. The molecule has 0 radical (unpaired) electrons. The summed E-state index contributed by atoms with van der Waals surface area (Å²) in [6, 6.07) is 1.84. The number of aryl methyl sites for hydroxylation is 3. The Morgan fingerprint density at radius 2 is 2.22 bits per heavy atom. The Bertz CT molecular complexity index is 952. The highest BCUT2D eigenvalue weighted by molar-refractivity contribution is 14.1. The molecule has 0 fully saturated rings. The molecule has 3 aromatic rings. The van der Waals surface area contributed by atoms with Gasteiger partial charge in [0.1, 0.15) is 16.3 Å². The molecule has 0 aliphatic carbocycles. The van der Waals surface area contributed by atoms with E-state index in [0.717, 1.165) is 11.3 Å². The normalized spacial score (nSPS) is 11.1. The van der Waals surface area contributed by atoms with Gasteiger partial charge in [0.15, 0.2) is 0 Å². The molecule has 0 bridgehead atoms. The molecule has 1 N–H and O–H groups in total. The zero-order valence-corrected chi connectivity index (χ0v) is 15.7. The molecule has 0 saturated carbocycles. The molecule has 0 aliphatic heterocycles. The lowest BCUT2D eigenvalue weighted by Gasteiger charge is -2.11. The third-order valence-electron chi connectivity index (χ3n) is 3.45. The maximum absolute atomic E-state index is 12.6. The summed E-state index contributed by atoms with van der Waals surface area (Å²) in [4.78, 5) is 31.3. The van der Waals surface area contributed by atoms with Gasteiger partial charge in [-0.05, 0) is 42.0 Å². The molecule has 0 aliphatic rings. The van der Waals surface area contributed by atoms with Crippen molar-refractivity contribution in [2.45, 2.75) is 20.3 Å². The van der Waals surface area contributed by atoms with E-state index in [4.69, 9.17) is 0 Å². The van der Waals surface area contributed by atoms with E-state index in [-0.39, 0.29) is 5.56 Å². The molecule has 0 saturated heterocycles. The Kier molecular flexibility index (Phi) is 4.23. The second-order valence-electron chi connectivity index (χ2n) is 4.99. The van der Waals surface area contributed by atoms with Crippen LogP contribution in [0.4, 0.5) is 0 Å². The number of fused-ring (bicyclic) bond motifs is 1. The fourth-order valence-electron chi connectivity index (χ4n) is 2.26. The van der Waals surface area contributed by atoms with Crippen LogP contribution in [0.1, 0.15) is 28.1 Å². The van der Waals surface area contributed by atoms with E-state index in [9.17, 15) is 9.59 Å². The molecule has 9 heteroatoms. The van der Waals surface area contributed by atoms with E-state index in [0.29, 0.717) is 25.3 Å². The molecule has 3 aromatic heterocycles. The largest absolute Gasteiger partial charge is 0.289 e. The predicted octanol–water partition coefficient (Wildman–Crippen LogP) is 2.05. The van der Waals surface area contributed by atoms with E-state index in [1.54, 1.807) is 20.2 Å². The molecule has 0 aromatic carbocycles. The highest BCUT2D eigenvalue weighted by atomic mass is 127. The molecular formula is C14H14IN5O2S. The van der Waals surface area contributed by atoms with Gasteiger partial charge < -0.3 is 0 Å². The lowest BCUT2D eigenvalue weighted by atomic mass is 10.3. The molecule has 120 valence electrons. The second-order valence-corrected chi connectivity index (χ2v) is 7.27. The summed E-state index contributed by atoms with van der Waals surface area (Å²) >= 11 is 3.54. The summed E-state index contributed by atoms with van der Waals surface area (Å²) < 4.78 is 3.38. The Balaban J connectivity index is 2.06.